The second-order valence-electron chi connectivity index (χ2n) is 3.96. The predicted octanol–water partition coefficient (Wildman–Crippen LogP) is 0.852. The molecule has 2 aromatic rings. The average Bonchev–Trinajstić information content (AvgIpc) is 2.42. The fraction of sp³-hybridized carbons (Fsp3) is 0.231. The summed E-state index contributed by atoms with van der Waals surface area (Å²) < 4.78 is 5.94. The summed E-state index contributed by atoms with van der Waals surface area (Å²) >= 11 is 0. The van der Waals surface area contributed by atoms with Crippen LogP contribution < -0.4 is 5.56 Å². The van der Waals surface area contributed by atoms with Crippen molar-refractivity contribution in [3.63, 3.8) is 0 Å². The Balaban J connectivity index is 2.27. The number of benzene rings is 1. The number of hydrogen-bond acceptors (Lipinski definition) is 5. The zero-order chi connectivity index (χ0) is 13.8. The van der Waals surface area contributed by atoms with Gasteiger partial charge in [-0.05, 0) is 19.1 Å². The lowest BCUT2D eigenvalue weighted by molar-refractivity contribution is -0.146. The predicted molar refractivity (Wildman–Crippen MR) is 67.2 cm³/mol. The first-order valence-corrected chi connectivity index (χ1v) is 5.65. The topological polar surface area (TPSA) is 85.0 Å². The SMILES string of the molecule is C[C@@H](C#N)OC(=O)Cn1cnc2ccccc2c1=O. The minimum Gasteiger partial charge on any atom is -0.446 e. The maximum Gasteiger partial charge on any atom is 0.327 e. The van der Waals surface area contributed by atoms with E-state index in [0.717, 1.165) is 4.57 Å². The van der Waals surface area contributed by atoms with Gasteiger partial charge in [-0.3, -0.25) is 14.2 Å². The molecule has 0 saturated heterocycles. The molecular weight excluding hydrogens is 246 g/mol. The van der Waals surface area contributed by atoms with Crippen LogP contribution in [0.2, 0.25) is 0 Å². The Bertz CT molecular complexity index is 715. The summed E-state index contributed by atoms with van der Waals surface area (Å²) in [6.45, 7) is 1.20. The molecule has 19 heavy (non-hydrogen) atoms. The van der Waals surface area contributed by atoms with E-state index in [1.165, 1.54) is 13.3 Å². The number of hydrogen-bond donors (Lipinski definition) is 0. The molecule has 1 heterocycles. The first kappa shape index (κ1) is 12.8. The fourth-order valence-corrected chi connectivity index (χ4v) is 1.62. The second-order valence-corrected chi connectivity index (χ2v) is 3.96. The Morgan fingerprint density at radius 1 is 1.53 bits per heavy atom. The number of rotatable bonds is 3. The van der Waals surface area contributed by atoms with E-state index in [0.29, 0.717) is 10.9 Å². The van der Waals surface area contributed by atoms with Crippen molar-refractivity contribution in [2.75, 3.05) is 0 Å². The molecule has 0 aliphatic carbocycles. The van der Waals surface area contributed by atoms with Crippen LogP contribution in [0.4, 0.5) is 0 Å². The van der Waals surface area contributed by atoms with Gasteiger partial charge in [0.1, 0.15) is 12.6 Å². The molecule has 0 unspecified atom stereocenters. The zero-order valence-corrected chi connectivity index (χ0v) is 10.2. The van der Waals surface area contributed by atoms with E-state index in [9.17, 15) is 9.59 Å². The maximum absolute atomic E-state index is 12.1. The summed E-state index contributed by atoms with van der Waals surface area (Å²) in [5.41, 5.74) is 0.259. The molecule has 0 spiro atoms. The molecule has 1 atom stereocenters. The smallest absolute Gasteiger partial charge is 0.327 e. The van der Waals surface area contributed by atoms with Gasteiger partial charge in [0.05, 0.1) is 17.2 Å². The molecule has 0 aliphatic rings. The van der Waals surface area contributed by atoms with Crippen molar-refractivity contribution >= 4 is 16.9 Å². The van der Waals surface area contributed by atoms with E-state index < -0.39 is 12.1 Å². The molecule has 0 saturated carbocycles. The second kappa shape index (κ2) is 5.31. The quantitative estimate of drug-likeness (QED) is 0.761. The molecule has 0 aliphatic heterocycles. The Kier molecular flexibility index (Phi) is 3.57. The molecule has 1 aromatic heterocycles. The van der Waals surface area contributed by atoms with Gasteiger partial charge in [-0.1, -0.05) is 12.1 Å². The highest BCUT2D eigenvalue weighted by Gasteiger charge is 2.11. The van der Waals surface area contributed by atoms with Crippen molar-refractivity contribution < 1.29 is 9.53 Å². The number of aromatic nitrogens is 2. The highest BCUT2D eigenvalue weighted by atomic mass is 16.5. The van der Waals surface area contributed by atoms with Crippen LogP contribution in [-0.2, 0) is 16.1 Å². The van der Waals surface area contributed by atoms with Crippen molar-refractivity contribution in [1.29, 1.82) is 5.26 Å². The number of para-hydroxylation sites is 1. The number of ether oxygens (including phenoxy) is 1. The number of carbonyl (C=O) groups is 1. The maximum atomic E-state index is 12.1. The number of fused-ring (bicyclic) bond motifs is 1. The van der Waals surface area contributed by atoms with Crippen LogP contribution >= 0.6 is 0 Å². The molecule has 0 radical (unpaired) electrons. The first-order valence-electron chi connectivity index (χ1n) is 5.65. The normalized spacial score (nSPS) is 11.8. The Labute approximate surface area is 108 Å². The van der Waals surface area contributed by atoms with Crippen LogP contribution in [0, 0.1) is 11.3 Å². The highest BCUT2D eigenvalue weighted by molar-refractivity contribution is 5.77. The minimum atomic E-state index is -0.836. The summed E-state index contributed by atoms with van der Waals surface area (Å²) in [6.07, 6.45) is 0.458. The molecule has 6 heteroatoms. The van der Waals surface area contributed by atoms with Gasteiger partial charge >= 0.3 is 5.97 Å². The van der Waals surface area contributed by atoms with Crippen LogP contribution in [-0.4, -0.2) is 21.6 Å². The van der Waals surface area contributed by atoms with Crippen LogP contribution in [0.15, 0.2) is 35.4 Å². The number of nitriles is 1. The fourth-order valence-electron chi connectivity index (χ4n) is 1.62. The Hall–Kier alpha value is -2.68. The molecule has 96 valence electrons. The summed E-state index contributed by atoms with van der Waals surface area (Å²) in [5, 5.41) is 8.97. The van der Waals surface area contributed by atoms with Crippen LogP contribution in [0.25, 0.3) is 10.9 Å². The van der Waals surface area contributed by atoms with Crippen molar-refractivity contribution in [3.05, 3.63) is 40.9 Å². The van der Waals surface area contributed by atoms with Gasteiger partial charge in [0.2, 0.25) is 0 Å². The van der Waals surface area contributed by atoms with Crippen molar-refractivity contribution in [1.82, 2.24) is 9.55 Å². The lowest BCUT2D eigenvalue weighted by Gasteiger charge is -2.08. The van der Waals surface area contributed by atoms with E-state index in [1.807, 2.05) is 0 Å². The summed E-state index contributed by atoms with van der Waals surface area (Å²) in [6, 6.07) is 8.65. The Morgan fingerprint density at radius 3 is 3.00 bits per heavy atom. The van der Waals surface area contributed by atoms with Crippen molar-refractivity contribution in [2.45, 2.75) is 19.6 Å². The van der Waals surface area contributed by atoms with E-state index in [4.69, 9.17) is 10.00 Å². The third-order valence-electron chi connectivity index (χ3n) is 2.52. The van der Waals surface area contributed by atoms with Gasteiger partial charge in [-0.15, -0.1) is 0 Å². The van der Waals surface area contributed by atoms with E-state index >= 15 is 0 Å². The van der Waals surface area contributed by atoms with Gasteiger partial charge in [0.15, 0.2) is 6.10 Å². The molecule has 6 nitrogen and oxygen atoms in total. The molecule has 2 rings (SSSR count). The third kappa shape index (κ3) is 2.77. The number of esters is 1. The van der Waals surface area contributed by atoms with Gasteiger partial charge in [0, 0.05) is 0 Å². The number of nitrogens with zero attached hydrogens (tertiary/aromatic N) is 3. The van der Waals surface area contributed by atoms with Gasteiger partial charge in [-0.25, -0.2) is 4.98 Å². The summed E-state index contributed by atoms with van der Waals surface area (Å²) in [5.74, 6) is -0.645. The zero-order valence-electron chi connectivity index (χ0n) is 10.2. The van der Waals surface area contributed by atoms with Crippen LogP contribution in [0.5, 0.6) is 0 Å². The van der Waals surface area contributed by atoms with Crippen LogP contribution in [0.3, 0.4) is 0 Å². The lowest BCUT2D eigenvalue weighted by atomic mass is 10.2. The van der Waals surface area contributed by atoms with Crippen molar-refractivity contribution in [2.24, 2.45) is 0 Å². The van der Waals surface area contributed by atoms with E-state index in [2.05, 4.69) is 4.98 Å². The average molecular weight is 257 g/mol. The molecule has 0 bridgehead atoms. The largest absolute Gasteiger partial charge is 0.446 e. The monoisotopic (exact) mass is 257 g/mol. The highest BCUT2D eigenvalue weighted by Crippen LogP contribution is 2.04. The van der Waals surface area contributed by atoms with Gasteiger partial charge in [0.25, 0.3) is 5.56 Å². The standard InChI is InChI=1S/C13H11N3O3/c1-9(6-14)19-12(17)7-16-8-15-11-5-3-2-4-10(11)13(16)18/h2-5,8-9H,7H2,1H3/t9-/m0/s1. The number of carbonyl (C=O) groups excluding carboxylic acids is 1. The van der Waals surface area contributed by atoms with E-state index in [1.54, 1.807) is 30.3 Å². The third-order valence-corrected chi connectivity index (χ3v) is 2.52. The molecule has 0 N–H and O–H groups in total. The summed E-state index contributed by atoms with van der Waals surface area (Å²) in [7, 11) is 0. The van der Waals surface area contributed by atoms with Gasteiger partial charge in [-0.2, -0.15) is 5.26 Å². The molecule has 0 fully saturated rings. The van der Waals surface area contributed by atoms with Crippen molar-refractivity contribution in [3.8, 4) is 6.07 Å². The molecule has 0 amide bonds. The molecule has 1 aromatic carbocycles. The lowest BCUT2D eigenvalue weighted by Crippen LogP contribution is -2.27. The molecular formula is C13H11N3O3. The van der Waals surface area contributed by atoms with E-state index in [-0.39, 0.29) is 12.1 Å². The first-order chi connectivity index (χ1) is 9.11. The van der Waals surface area contributed by atoms with Crippen LogP contribution in [0.1, 0.15) is 6.92 Å². The Morgan fingerprint density at radius 2 is 2.26 bits per heavy atom. The summed E-state index contributed by atoms with van der Waals surface area (Å²) in [4.78, 5) is 27.7. The minimum absolute atomic E-state index is 0.261. The van der Waals surface area contributed by atoms with Gasteiger partial charge < -0.3 is 4.74 Å².